The molecule has 0 radical (unpaired) electrons. The molecule has 0 spiro atoms. The molecule has 0 fully saturated rings. The molecule has 0 saturated heterocycles. The van der Waals surface area contributed by atoms with Crippen molar-refractivity contribution in [2.24, 2.45) is 5.73 Å². The first-order valence-corrected chi connectivity index (χ1v) is 3.25. The van der Waals surface area contributed by atoms with Crippen molar-refractivity contribution >= 4 is 23.3 Å². The number of thiocarbonyl (C=S) groups is 1. The molecule has 0 aromatic heterocycles. The average Bonchev–Trinajstić information content (AvgIpc) is 1.81. The van der Waals surface area contributed by atoms with E-state index in [4.69, 9.17) is 10.8 Å². The van der Waals surface area contributed by atoms with Crippen molar-refractivity contribution in [1.82, 2.24) is 4.90 Å². The summed E-state index contributed by atoms with van der Waals surface area (Å²) in [5.74, 6) is -0.922. The van der Waals surface area contributed by atoms with Crippen molar-refractivity contribution < 1.29 is 9.90 Å². The third-order valence-electron chi connectivity index (χ3n) is 1.02. The summed E-state index contributed by atoms with van der Waals surface area (Å²) in [6.07, 6.45) is 0. The lowest BCUT2D eigenvalue weighted by Gasteiger charge is -2.17. The van der Waals surface area contributed by atoms with Crippen LogP contribution in [0.3, 0.4) is 0 Å². The lowest BCUT2D eigenvalue weighted by Crippen LogP contribution is -2.38. The molecule has 0 aliphatic rings. The predicted octanol–water partition coefficient (Wildman–Crippen LogP) is -0.363. The lowest BCUT2D eigenvalue weighted by atomic mass is 10.5. The second kappa shape index (κ2) is 4.05. The first-order chi connectivity index (χ1) is 4.57. The number of hydrogen-bond acceptors (Lipinski definition) is 2. The van der Waals surface area contributed by atoms with E-state index >= 15 is 0 Å². The number of aliphatic carboxylic acids is 1. The van der Waals surface area contributed by atoms with Crippen LogP contribution in [0.5, 0.6) is 0 Å². The molecule has 0 aliphatic carbocycles. The van der Waals surface area contributed by atoms with E-state index in [1.807, 2.05) is 0 Å². The number of likely N-dealkylation sites (N-methyl/N-ethyl adjacent to an activating group) is 1. The first-order valence-electron chi connectivity index (χ1n) is 2.84. The summed E-state index contributed by atoms with van der Waals surface area (Å²) in [6.45, 7) is 2.20. The SMILES string of the molecule is CCN(CC(=O)O)C(N)=S. The molecule has 0 amide bonds. The quantitative estimate of drug-likeness (QED) is 0.554. The number of carboxylic acid groups (broad SMARTS) is 1. The zero-order valence-corrected chi connectivity index (χ0v) is 6.52. The Bertz CT molecular complexity index is 149. The molecular weight excluding hydrogens is 152 g/mol. The van der Waals surface area contributed by atoms with Gasteiger partial charge in [0.15, 0.2) is 5.11 Å². The Morgan fingerprint density at radius 2 is 2.30 bits per heavy atom. The number of carbonyl (C=O) groups is 1. The molecule has 0 heterocycles. The lowest BCUT2D eigenvalue weighted by molar-refractivity contribution is -0.137. The van der Waals surface area contributed by atoms with Crippen LogP contribution in [0.4, 0.5) is 0 Å². The van der Waals surface area contributed by atoms with Gasteiger partial charge in [0.25, 0.3) is 0 Å². The molecule has 0 bridgehead atoms. The molecule has 4 nitrogen and oxygen atoms in total. The van der Waals surface area contributed by atoms with Gasteiger partial charge in [-0.15, -0.1) is 0 Å². The van der Waals surface area contributed by atoms with Crippen LogP contribution in [0, 0.1) is 0 Å². The van der Waals surface area contributed by atoms with E-state index in [-0.39, 0.29) is 11.7 Å². The molecule has 5 heteroatoms. The maximum atomic E-state index is 10.1. The molecule has 0 saturated carbocycles. The van der Waals surface area contributed by atoms with E-state index in [0.717, 1.165) is 0 Å². The minimum Gasteiger partial charge on any atom is -0.480 e. The Labute approximate surface area is 64.6 Å². The Kier molecular flexibility index (Phi) is 3.71. The molecule has 58 valence electrons. The van der Waals surface area contributed by atoms with Crippen molar-refractivity contribution in [2.75, 3.05) is 13.1 Å². The van der Waals surface area contributed by atoms with Crippen LogP contribution in [-0.2, 0) is 4.79 Å². The highest BCUT2D eigenvalue weighted by molar-refractivity contribution is 7.80. The highest BCUT2D eigenvalue weighted by Crippen LogP contribution is 1.85. The average molecular weight is 162 g/mol. The van der Waals surface area contributed by atoms with E-state index in [9.17, 15) is 4.79 Å². The Morgan fingerprint density at radius 3 is 2.40 bits per heavy atom. The maximum absolute atomic E-state index is 10.1. The van der Waals surface area contributed by atoms with Gasteiger partial charge in [-0.25, -0.2) is 0 Å². The van der Waals surface area contributed by atoms with Gasteiger partial charge in [0.05, 0.1) is 0 Å². The first kappa shape index (κ1) is 9.16. The number of rotatable bonds is 3. The molecule has 0 aliphatic heterocycles. The molecule has 0 rings (SSSR count). The summed E-state index contributed by atoms with van der Waals surface area (Å²) in [4.78, 5) is 11.5. The number of hydrogen-bond donors (Lipinski definition) is 2. The van der Waals surface area contributed by atoms with Crippen LogP contribution in [0.15, 0.2) is 0 Å². The second-order valence-electron chi connectivity index (χ2n) is 1.75. The van der Waals surface area contributed by atoms with Gasteiger partial charge in [-0.2, -0.15) is 0 Å². The molecule has 10 heavy (non-hydrogen) atoms. The fourth-order valence-electron chi connectivity index (χ4n) is 0.509. The number of carboxylic acids is 1. The van der Waals surface area contributed by atoms with E-state index in [2.05, 4.69) is 12.2 Å². The number of nitrogens with zero attached hydrogens (tertiary/aromatic N) is 1. The molecule has 3 N–H and O–H groups in total. The van der Waals surface area contributed by atoms with Crippen molar-refractivity contribution in [3.8, 4) is 0 Å². The fraction of sp³-hybridized carbons (Fsp3) is 0.600. The maximum Gasteiger partial charge on any atom is 0.323 e. The van der Waals surface area contributed by atoms with Crippen LogP contribution < -0.4 is 5.73 Å². The molecule has 0 unspecified atom stereocenters. The van der Waals surface area contributed by atoms with Crippen LogP contribution >= 0.6 is 12.2 Å². The smallest absolute Gasteiger partial charge is 0.323 e. The Hall–Kier alpha value is -0.840. The second-order valence-corrected chi connectivity index (χ2v) is 2.16. The summed E-state index contributed by atoms with van der Waals surface area (Å²) in [7, 11) is 0. The fourth-order valence-corrected chi connectivity index (χ4v) is 0.702. The predicted molar refractivity (Wildman–Crippen MR) is 41.7 cm³/mol. The van der Waals surface area contributed by atoms with Crippen LogP contribution in [0.25, 0.3) is 0 Å². The summed E-state index contributed by atoms with van der Waals surface area (Å²) < 4.78 is 0. The third kappa shape index (κ3) is 3.24. The zero-order valence-electron chi connectivity index (χ0n) is 5.70. The normalized spacial score (nSPS) is 8.90. The third-order valence-corrected chi connectivity index (χ3v) is 1.28. The van der Waals surface area contributed by atoms with E-state index in [1.165, 1.54) is 4.90 Å². The minimum atomic E-state index is -0.922. The highest BCUT2D eigenvalue weighted by Gasteiger charge is 2.06. The summed E-state index contributed by atoms with van der Waals surface area (Å²) in [6, 6.07) is 0. The van der Waals surface area contributed by atoms with Gasteiger partial charge in [0.1, 0.15) is 6.54 Å². The van der Waals surface area contributed by atoms with E-state index in [0.29, 0.717) is 6.54 Å². The summed E-state index contributed by atoms with van der Waals surface area (Å²) in [5, 5.41) is 8.44. The molecule has 0 atom stereocenters. The van der Waals surface area contributed by atoms with Gasteiger partial charge in [-0.1, -0.05) is 0 Å². The van der Waals surface area contributed by atoms with Crippen LogP contribution in [0.2, 0.25) is 0 Å². The van der Waals surface area contributed by atoms with Crippen LogP contribution in [0.1, 0.15) is 6.92 Å². The van der Waals surface area contributed by atoms with E-state index in [1.54, 1.807) is 6.92 Å². The van der Waals surface area contributed by atoms with Gasteiger partial charge in [-0.05, 0) is 19.1 Å². The largest absolute Gasteiger partial charge is 0.480 e. The minimum absolute atomic E-state index is 0.119. The number of nitrogens with two attached hydrogens (primary N) is 1. The Balaban J connectivity index is 3.83. The standard InChI is InChI=1S/C5H10N2O2S/c1-2-7(5(6)10)3-4(8)9/h2-3H2,1H3,(H2,6,10)(H,8,9). The monoisotopic (exact) mass is 162 g/mol. The van der Waals surface area contributed by atoms with Gasteiger partial charge >= 0.3 is 5.97 Å². The van der Waals surface area contributed by atoms with Crippen molar-refractivity contribution in [3.63, 3.8) is 0 Å². The highest BCUT2D eigenvalue weighted by atomic mass is 32.1. The summed E-state index contributed by atoms with van der Waals surface area (Å²) in [5.41, 5.74) is 5.19. The van der Waals surface area contributed by atoms with Gasteiger partial charge in [0.2, 0.25) is 0 Å². The van der Waals surface area contributed by atoms with Gasteiger partial charge in [-0.3, -0.25) is 4.79 Å². The van der Waals surface area contributed by atoms with Gasteiger partial charge in [0, 0.05) is 6.54 Å². The van der Waals surface area contributed by atoms with Crippen LogP contribution in [-0.4, -0.2) is 34.2 Å². The van der Waals surface area contributed by atoms with Crippen molar-refractivity contribution in [2.45, 2.75) is 6.92 Å². The molecular formula is C5H10N2O2S. The van der Waals surface area contributed by atoms with Gasteiger partial charge < -0.3 is 15.7 Å². The molecule has 0 aromatic rings. The van der Waals surface area contributed by atoms with Crippen molar-refractivity contribution in [1.29, 1.82) is 0 Å². The van der Waals surface area contributed by atoms with Crippen molar-refractivity contribution in [3.05, 3.63) is 0 Å². The molecule has 0 aromatic carbocycles. The summed E-state index contributed by atoms with van der Waals surface area (Å²) >= 11 is 4.57. The zero-order chi connectivity index (χ0) is 8.15. The van der Waals surface area contributed by atoms with E-state index < -0.39 is 5.97 Å². The Morgan fingerprint density at radius 1 is 1.80 bits per heavy atom. The topological polar surface area (TPSA) is 66.6 Å².